The van der Waals surface area contributed by atoms with Gasteiger partial charge in [-0.3, -0.25) is 14.5 Å². The van der Waals surface area contributed by atoms with Crippen molar-refractivity contribution in [2.24, 2.45) is 10.7 Å². The van der Waals surface area contributed by atoms with Gasteiger partial charge in [-0.05, 0) is 30.9 Å². The van der Waals surface area contributed by atoms with Crippen LogP contribution in [0.1, 0.15) is 29.4 Å². The Bertz CT molecular complexity index is 914. The van der Waals surface area contributed by atoms with E-state index in [1.165, 1.54) is 22.9 Å². The molecule has 3 rings (SSSR count). The molecule has 1 aliphatic heterocycles. The van der Waals surface area contributed by atoms with Gasteiger partial charge >= 0.3 is 0 Å². The van der Waals surface area contributed by atoms with E-state index in [0.717, 1.165) is 10.6 Å². The second kappa shape index (κ2) is 7.36. The maximum Gasteiger partial charge on any atom is 0.275 e. The average Bonchev–Trinajstić information content (AvgIpc) is 2.66. The number of carbonyl (C=O) groups excluding carboxylic acids is 2. The molecule has 1 aromatic heterocycles. The zero-order valence-electron chi connectivity index (χ0n) is 15.3. The lowest BCUT2D eigenvalue weighted by Gasteiger charge is -2.33. The van der Waals surface area contributed by atoms with Crippen molar-refractivity contribution >= 4 is 35.2 Å². The monoisotopic (exact) mass is 384 g/mol. The summed E-state index contributed by atoms with van der Waals surface area (Å²) >= 11 is 1.45. The van der Waals surface area contributed by atoms with Crippen molar-refractivity contribution in [1.29, 1.82) is 0 Å². The molecule has 0 spiro atoms. The first-order chi connectivity index (χ1) is 12.8. The fourth-order valence-electron chi connectivity index (χ4n) is 2.74. The third-order valence-electron chi connectivity index (χ3n) is 4.39. The van der Waals surface area contributed by atoms with Crippen LogP contribution in [-0.2, 0) is 10.3 Å². The molecule has 1 unspecified atom stereocenters. The van der Waals surface area contributed by atoms with E-state index in [-0.39, 0.29) is 29.9 Å². The number of anilines is 1. The lowest BCUT2D eigenvalue weighted by atomic mass is 9.87. The number of nitrogens with one attached hydrogen (secondary N) is 1. The molecule has 1 aromatic carbocycles. The van der Waals surface area contributed by atoms with Crippen LogP contribution in [0.3, 0.4) is 0 Å². The molecular formula is C18H20N6O2S. The second-order valence-corrected chi connectivity index (χ2v) is 7.18. The molecule has 0 bridgehead atoms. The van der Waals surface area contributed by atoms with E-state index in [2.05, 4.69) is 20.3 Å². The van der Waals surface area contributed by atoms with Gasteiger partial charge in [-0.1, -0.05) is 12.1 Å². The van der Waals surface area contributed by atoms with Crippen LogP contribution in [-0.4, -0.2) is 45.9 Å². The number of carbonyl (C=O) groups is 2. The molecule has 0 fully saturated rings. The summed E-state index contributed by atoms with van der Waals surface area (Å²) in [4.78, 5) is 38.7. The van der Waals surface area contributed by atoms with Crippen LogP contribution in [0.25, 0.3) is 0 Å². The highest BCUT2D eigenvalue weighted by atomic mass is 32.2. The molecule has 9 heteroatoms. The zero-order chi connectivity index (χ0) is 19.6. The predicted octanol–water partition coefficient (Wildman–Crippen LogP) is 1.84. The number of thioether (sulfide) groups is 1. The smallest absolute Gasteiger partial charge is 0.275 e. The molecule has 8 nitrogen and oxygen atoms in total. The van der Waals surface area contributed by atoms with Gasteiger partial charge in [0.25, 0.3) is 5.91 Å². The molecular weight excluding hydrogens is 364 g/mol. The quantitative estimate of drug-likeness (QED) is 0.778. The minimum Gasteiger partial charge on any atom is -0.369 e. The molecule has 0 radical (unpaired) electrons. The van der Waals surface area contributed by atoms with Gasteiger partial charge in [0.1, 0.15) is 10.7 Å². The van der Waals surface area contributed by atoms with E-state index >= 15 is 0 Å². The third-order valence-corrected chi connectivity index (χ3v) is 5.02. The highest BCUT2D eigenvalue weighted by Crippen LogP contribution is 2.34. The number of aliphatic imine (C=N–C) groups is 1. The topological polar surface area (TPSA) is 114 Å². The van der Waals surface area contributed by atoms with E-state index in [4.69, 9.17) is 5.73 Å². The number of hydrogen-bond acceptors (Lipinski definition) is 7. The Balaban J connectivity index is 1.83. The van der Waals surface area contributed by atoms with Gasteiger partial charge in [-0.2, -0.15) is 0 Å². The van der Waals surface area contributed by atoms with Gasteiger partial charge in [0.2, 0.25) is 5.91 Å². The molecule has 0 saturated carbocycles. The van der Waals surface area contributed by atoms with Crippen LogP contribution in [0.4, 0.5) is 5.69 Å². The van der Waals surface area contributed by atoms with Crippen molar-refractivity contribution < 1.29 is 9.59 Å². The molecule has 3 N–H and O–H groups in total. The maximum absolute atomic E-state index is 12.4. The summed E-state index contributed by atoms with van der Waals surface area (Å²) in [7, 11) is 1.60. The zero-order valence-corrected chi connectivity index (χ0v) is 16.1. The Morgan fingerprint density at radius 3 is 2.74 bits per heavy atom. The van der Waals surface area contributed by atoms with Crippen molar-refractivity contribution in [1.82, 2.24) is 14.9 Å². The summed E-state index contributed by atoms with van der Waals surface area (Å²) in [6.45, 7) is 1.85. The highest BCUT2D eigenvalue weighted by molar-refractivity contribution is 7.98. The molecule has 27 heavy (non-hydrogen) atoms. The van der Waals surface area contributed by atoms with Crippen LogP contribution in [0.15, 0.2) is 46.7 Å². The minimum absolute atomic E-state index is 0.108. The number of benzene rings is 1. The van der Waals surface area contributed by atoms with Crippen LogP contribution < -0.4 is 11.1 Å². The Morgan fingerprint density at radius 1 is 1.33 bits per heavy atom. The number of nitrogens with two attached hydrogens (primary N) is 1. The summed E-state index contributed by atoms with van der Waals surface area (Å²) in [5.41, 5.74) is 6.67. The molecule has 2 aromatic rings. The van der Waals surface area contributed by atoms with Crippen molar-refractivity contribution in [2.75, 3.05) is 18.6 Å². The fourth-order valence-corrected chi connectivity index (χ4v) is 3.06. The number of guanidine groups is 1. The summed E-state index contributed by atoms with van der Waals surface area (Å²) in [6.07, 6.45) is 5.08. The SMILES string of the molecule is CSc1cnc(C(=O)Nc2cccc(C3(C)CC(=O)N(C)C(N)=N3)c2)cn1. The number of amides is 2. The number of aromatic nitrogens is 2. The first-order valence-corrected chi connectivity index (χ1v) is 9.45. The van der Waals surface area contributed by atoms with E-state index in [1.54, 1.807) is 31.4 Å². The Hall–Kier alpha value is -2.94. The van der Waals surface area contributed by atoms with Gasteiger partial charge in [0.15, 0.2) is 5.96 Å². The lowest BCUT2D eigenvalue weighted by molar-refractivity contribution is -0.128. The molecule has 1 atom stereocenters. The van der Waals surface area contributed by atoms with Crippen molar-refractivity contribution in [3.05, 3.63) is 47.9 Å². The number of hydrogen-bond donors (Lipinski definition) is 2. The number of nitrogens with zero attached hydrogens (tertiary/aromatic N) is 4. The van der Waals surface area contributed by atoms with E-state index in [9.17, 15) is 9.59 Å². The largest absolute Gasteiger partial charge is 0.369 e. The summed E-state index contributed by atoms with van der Waals surface area (Å²) in [5.74, 6) is -0.295. The maximum atomic E-state index is 12.4. The van der Waals surface area contributed by atoms with Gasteiger partial charge in [-0.15, -0.1) is 11.8 Å². The minimum atomic E-state index is -0.784. The first-order valence-electron chi connectivity index (χ1n) is 8.22. The standard InChI is InChI=1S/C18H20N6O2S/c1-18(8-15(25)24(2)17(19)23-18)11-5-4-6-12(7-11)22-16(26)13-9-21-14(27-3)10-20-13/h4-7,9-10H,8H2,1-3H3,(H2,19,23)(H,22,26). The van der Waals surface area contributed by atoms with Crippen molar-refractivity contribution in [3.8, 4) is 0 Å². The van der Waals surface area contributed by atoms with Crippen LogP contribution >= 0.6 is 11.8 Å². The van der Waals surface area contributed by atoms with E-state index in [1.807, 2.05) is 19.2 Å². The Kier molecular flexibility index (Phi) is 5.13. The van der Waals surface area contributed by atoms with Crippen LogP contribution in [0.5, 0.6) is 0 Å². The summed E-state index contributed by atoms with van der Waals surface area (Å²) < 4.78 is 0. The average molecular weight is 384 g/mol. The fraction of sp³-hybridized carbons (Fsp3) is 0.278. The second-order valence-electron chi connectivity index (χ2n) is 6.35. The van der Waals surface area contributed by atoms with E-state index in [0.29, 0.717) is 5.69 Å². The van der Waals surface area contributed by atoms with Gasteiger partial charge in [-0.25, -0.2) is 15.0 Å². The molecule has 0 saturated heterocycles. The molecule has 0 aliphatic carbocycles. The van der Waals surface area contributed by atoms with Crippen LogP contribution in [0.2, 0.25) is 0 Å². The first kappa shape index (κ1) is 18.8. The molecule has 2 heterocycles. The van der Waals surface area contributed by atoms with Gasteiger partial charge in [0, 0.05) is 12.7 Å². The predicted molar refractivity (Wildman–Crippen MR) is 105 cm³/mol. The number of rotatable bonds is 4. The summed E-state index contributed by atoms with van der Waals surface area (Å²) in [5, 5.41) is 3.54. The highest BCUT2D eigenvalue weighted by Gasteiger charge is 2.36. The normalized spacial score (nSPS) is 19.6. The van der Waals surface area contributed by atoms with Crippen molar-refractivity contribution in [3.63, 3.8) is 0 Å². The Morgan fingerprint density at radius 2 is 2.11 bits per heavy atom. The molecule has 140 valence electrons. The van der Waals surface area contributed by atoms with Gasteiger partial charge < -0.3 is 11.1 Å². The lowest BCUT2D eigenvalue weighted by Crippen LogP contribution is -2.47. The van der Waals surface area contributed by atoms with Crippen LogP contribution in [0, 0.1) is 0 Å². The van der Waals surface area contributed by atoms with Crippen molar-refractivity contribution in [2.45, 2.75) is 23.9 Å². The van der Waals surface area contributed by atoms with E-state index < -0.39 is 5.54 Å². The molecule has 2 amide bonds. The Labute approximate surface area is 161 Å². The third kappa shape index (κ3) is 3.92. The van der Waals surface area contributed by atoms with Gasteiger partial charge in [0.05, 0.1) is 24.4 Å². The molecule has 1 aliphatic rings. The summed E-state index contributed by atoms with van der Waals surface area (Å²) in [6, 6.07) is 7.21.